The van der Waals surface area contributed by atoms with Crippen molar-refractivity contribution in [1.82, 2.24) is 0 Å². The van der Waals surface area contributed by atoms with Crippen LogP contribution in [0.5, 0.6) is 5.75 Å². The van der Waals surface area contributed by atoms with Crippen LogP contribution in [0.25, 0.3) is 0 Å². The van der Waals surface area contributed by atoms with Crippen LogP contribution in [0.1, 0.15) is 22.8 Å². The molecule has 72 valence electrons. The van der Waals surface area contributed by atoms with Gasteiger partial charge >= 0.3 is 0 Å². The normalized spacial score (nSPS) is 12.9. The van der Waals surface area contributed by atoms with Crippen molar-refractivity contribution in [3.05, 3.63) is 28.8 Å². The number of phenols is 1. The number of aryl methyl sites for hydroxylation is 1. The van der Waals surface area contributed by atoms with Gasteiger partial charge in [0, 0.05) is 6.54 Å². The number of hydrogen-bond donors (Lipinski definition) is 3. The van der Waals surface area contributed by atoms with Crippen LogP contribution >= 0.6 is 0 Å². The lowest BCUT2D eigenvalue weighted by atomic mass is 10.0. The van der Waals surface area contributed by atoms with Gasteiger partial charge in [-0.3, -0.25) is 0 Å². The Bertz CT molecular complexity index is 287. The van der Waals surface area contributed by atoms with E-state index in [1.54, 1.807) is 6.07 Å². The van der Waals surface area contributed by atoms with Gasteiger partial charge in [-0.25, -0.2) is 0 Å². The van der Waals surface area contributed by atoms with Crippen molar-refractivity contribution in [1.29, 1.82) is 0 Å². The molecule has 13 heavy (non-hydrogen) atoms. The Morgan fingerprint density at radius 3 is 2.46 bits per heavy atom. The molecule has 0 aliphatic heterocycles. The average molecular weight is 181 g/mol. The van der Waals surface area contributed by atoms with Gasteiger partial charge in [-0.2, -0.15) is 0 Å². The first kappa shape index (κ1) is 10.0. The molecule has 0 saturated carbocycles. The Balaban J connectivity index is 3.13. The maximum Gasteiger partial charge on any atom is 0.119 e. The molecule has 0 fully saturated rings. The molecule has 4 N–H and O–H groups in total. The van der Waals surface area contributed by atoms with E-state index in [1.807, 2.05) is 19.9 Å². The van der Waals surface area contributed by atoms with Gasteiger partial charge in [0.1, 0.15) is 5.75 Å². The summed E-state index contributed by atoms with van der Waals surface area (Å²) in [6.45, 7) is 3.90. The molecule has 0 aliphatic carbocycles. The molecule has 0 bridgehead atoms. The van der Waals surface area contributed by atoms with Crippen molar-refractivity contribution in [2.75, 3.05) is 6.54 Å². The van der Waals surface area contributed by atoms with Crippen LogP contribution in [0.15, 0.2) is 12.1 Å². The highest BCUT2D eigenvalue weighted by molar-refractivity contribution is 5.42. The fraction of sp³-hybridized carbons (Fsp3) is 0.400. The Morgan fingerprint density at radius 1 is 1.38 bits per heavy atom. The lowest BCUT2D eigenvalue weighted by Crippen LogP contribution is -2.11. The van der Waals surface area contributed by atoms with E-state index in [2.05, 4.69) is 0 Å². The van der Waals surface area contributed by atoms with Crippen molar-refractivity contribution < 1.29 is 10.2 Å². The van der Waals surface area contributed by atoms with Gasteiger partial charge in [-0.05, 0) is 36.6 Å². The second-order valence-corrected chi connectivity index (χ2v) is 3.23. The van der Waals surface area contributed by atoms with Gasteiger partial charge in [0.05, 0.1) is 6.10 Å². The van der Waals surface area contributed by atoms with E-state index in [0.29, 0.717) is 5.56 Å². The number of rotatable bonds is 2. The van der Waals surface area contributed by atoms with Crippen LogP contribution < -0.4 is 5.73 Å². The number of benzene rings is 1. The maximum atomic E-state index is 9.47. The summed E-state index contributed by atoms with van der Waals surface area (Å²) in [7, 11) is 0. The van der Waals surface area contributed by atoms with Crippen molar-refractivity contribution >= 4 is 0 Å². The minimum absolute atomic E-state index is 0.169. The smallest absolute Gasteiger partial charge is 0.119 e. The molecule has 1 atom stereocenters. The first-order valence-electron chi connectivity index (χ1n) is 4.24. The van der Waals surface area contributed by atoms with E-state index in [1.165, 1.54) is 0 Å². The predicted molar refractivity (Wildman–Crippen MR) is 51.6 cm³/mol. The third-order valence-corrected chi connectivity index (χ3v) is 2.27. The Morgan fingerprint density at radius 2 is 2.00 bits per heavy atom. The zero-order chi connectivity index (χ0) is 10.0. The van der Waals surface area contributed by atoms with E-state index in [9.17, 15) is 10.2 Å². The fourth-order valence-corrected chi connectivity index (χ4v) is 1.20. The lowest BCUT2D eigenvalue weighted by molar-refractivity contribution is 0.186. The van der Waals surface area contributed by atoms with Crippen LogP contribution in [-0.2, 0) is 0 Å². The standard InChI is InChI=1S/C10H15NO2/c1-6-3-8(10(13)5-11)4-9(12)7(6)2/h3-4,10,12-13H,5,11H2,1-2H3. The van der Waals surface area contributed by atoms with E-state index < -0.39 is 6.10 Å². The summed E-state index contributed by atoms with van der Waals surface area (Å²) in [5, 5.41) is 18.9. The maximum absolute atomic E-state index is 9.47. The molecule has 0 saturated heterocycles. The monoisotopic (exact) mass is 181 g/mol. The highest BCUT2D eigenvalue weighted by atomic mass is 16.3. The number of aliphatic hydroxyl groups is 1. The van der Waals surface area contributed by atoms with Gasteiger partial charge in [-0.1, -0.05) is 6.07 Å². The molecule has 0 aliphatic rings. The van der Waals surface area contributed by atoms with Crippen molar-refractivity contribution in [2.24, 2.45) is 5.73 Å². The van der Waals surface area contributed by atoms with Crippen LogP contribution in [0.4, 0.5) is 0 Å². The molecule has 1 unspecified atom stereocenters. The highest BCUT2D eigenvalue weighted by Crippen LogP contribution is 2.25. The van der Waals surface area contributed by atoms with Gasteiger partial charge in [0.2, 0.25) is 0 Å². The number of aromatic hydroxyl groups is 1. The van der Waals surface area contributed by atoms with Crippen LogP contribution in [-0.4, -0.2) is 16.8 Å². The average Bonchev–Trinajstić information content (AvgIpc) is 2.12. The summed E-state index contributed by atoms with van der Waals surface area (Å²) in [6, 6.07) is 3.40. The molecule has 3 nitrogen and oxygen atoms in total. The van der Waals surface area contributed by atoms with Crippen molar-refractivity contribution in [3.8, 4) is 5.75 Å². The summed E-state index contributed by atoms with van der Waals surface area (Å²) >= 11 is 0. The number of nitrogens with two attached hydrogens (primary N) is 1. The summed E-state index contributed by atoms with van der Waals surface area (Å²) < 4.78 is 0. The summed E-state index contributed by atoms with van der Waals surface area (Å²) in [4.78, 5) is 0. The van der Waals surface area contributed by atoms with Gasteiger partial charge in [0.25, 0.3) is 0 Å². The third-order valence-electron chi connectivity index (χ3n) is 2.27. The van der Waals surface area contributed by atoms with Gasteiger partial charge < -0.3 is 15.9 Å². The van der Waals surface area contributed by atoms with Crippen LogP contribution in [0, 0.1) is 13.8 Å². The first-order chi connectivity index (χ1) is 6.06. The van der Waals surface area contributed by atoms with Gasteiger partial charge in [0.15, 0.2) is 0 Å². The number of aliphatic hydroxyl groups excluding tert-OH is 1. The third kappa shape index (κ3) is 1.99. The summed E-state index contributed by atoms with van der Waals surface area (Å²) in [5.41, 5.74) is 7.78. The zero-order valence-electron chi connectivity index (χ0n) is 7.91. The SMILES string of the molecule is Cc1cc(C(O)CN)cc(O)c1C. The van der Waals surface area contributed by atoms with E-state index in [0.717, 1.165) is 11.1 Å². The van der Waals surface area contributed by atoms with Crippen LogP contribution in [0.3, 0.4) is 0 Å². The minimum atomic E-state index is -0.690. The topological polar surface area (TPSA) is 66.5 Å². The molecule has 0 amide bonds. The fourth-order valence-electron chi connectivity index (χ4n) is 1.20. The Kier molecular flexibility index (Phi) is 2.90. The van der Waals surface area contributed by atoms with Gasteiger partial charge in [-0.15, -0.1) is 0 Å². The summed E-state index contributed by atoms with van der Waals surface area (Å²) in [6.07, 6.45) is -0.690. The lowest BCUT2D eigenvalue weighted by Gasteiger charge is -2.11. The highest BCUT2D eigenvalue weighted by Gasteiger charge is 2.09. The molecule has 0 spiro atoms. The Labute approximate surface area is 77.8 Å². The molecule has 0 heterocycles. The molecular weight excluding hydrogens is 166 g/mol. The molecule has 3 heteroatoms. The van der Waals surface area contributed by atoms with Crippen molar-refractivity contribution in [3.63, 3.8) is 0 Å². The molecular formula is C10H15NO2. The molecule has 1 aromatic rings. The van der Waals surface area contributed by atoms with E-state index >= 15 is 0 Å². The minimum Gasteiger partial charge on any atom is -0.508 e. The largest absolute Gasteiger partial charge is 0.508 e. The number of hydrogen-bond acceptors (Lipinski definition) is 3. The first-order valence-corrected chi connectivity index (χ1v) is 4.24. The molecule has 1 rings (SSSR count). The molecule has 0 radical (unpaired) electrons. The van der Waals surface area contributed by atoms with E-state index in [4.69, 9.17) is 5.73 Å². The molecule has 0 aromatic heterocycles. The Hall–Kier alpha value is -1.06. The number of phenolic OH excluding ortho intramolecular Hbond substituents is 1. The van der Waals surface area contributed by atoms with Crippen molar-refractivity contribution in [2.45, 2.75) is 20.0 Å². The predicted octanol–water partition coefficient (Wildman–Crippen LogP) is 1.00. The zero-order valence-corrected chi connectivity index (χ0v) is 7.91. The second-order valence-electron chi connectivity index (χ2n) is 3.23. The quantitative estimate of drug-likeness (QED) is 0.637. The molecule has 1 aromatic carbocycles. The summed E-state index contributed by atoms with van der Waals surface area (Å²) in [5.74, 6) is 0.211. The van der Waals surface area contributed by atoms with Crippen LogP contribution in [0.2, 0.25) is 0 Å². The second kappa shape index (κ2) is 3.77. The van der Waals surface area contributed by atoms with E-state index in [-0.39, 0.29) is 12.3 Å².